The van der Waals surface area contributed by atoms with Crippen molar-refractivity contribution < 1.29 is 0 Å². The maximum Gasteiger partial charge on any atom is 0.0243 e. The van der Waals surface area contributed by atoms with Gasteiger partial charge >= 0.3 is 0 Å². The van der Waals surface area contributed by atoms with Crippen molar-refractivity contribution >= 4 is 12.4 Å². The quantitative estimate of drug-likeness (QED) is 0.844. The Morgan fingerprint density at radius 1 is 1.29 bits per heavy atom. The molecule has 0 aliphatic heterocycles. The van der Waals surface area contributed by atoms with Gasteiger partial charge in [-0.05, 0) is 37.8 Å². The molecule has 1 aromatic carbocycles. The number of halogens is 1. The van der Waals surface area contributed by atoms with E-state index >= 15 is 0 Å². The minimum absolute atomic E-state index is 0. The molecule has 1 aliphatic rings. The van der Waals surface area contributed by atoms with Crippen LogP contribution in [0.2, 0.25) is 0 Å². The van der Waals surface area contributed by atoms with Gasteiger partial charge in [-0.1, -0.05) is 30.3 Å². The zero-order chi connectivity index (χ0) is 11.4. The molecule has 96 valence electrons. The molecule has 0 amide bonds. The zero-order valence-electron chi connectivity index (χ0n) is 10.5. The molecular formula is C14H23ClN2. The highest BCUT2D eigenvalue weighted by atomic mass is 35.5. The Hall–Kier alpha value is -0.570. The zero-order valence-corrected chi connectivity index (χ0v) is 11.3. The van der Waals surface area contributed by atoms with Gasteiger partial charge in [0.2, 0.25) is 0 Å². The molecule has 2 nitrogen and oxygen atoms in total. The summed E-state index contributed by atoms with van der Waals surface area (Å²) in [5, 5.41) is 0. The van der Waals surface area contributed by atoms with Crippen molar-refractivity contribution in [3.8, 4) is 0 Å². The van der Waals surface area contributed by atoms with E-state index in [0.29, 0.717) is 6.04 Å². The van der Waals surface area contributed by atoms with E-state index in [1.807, 2.05) is 0 Å². The first-order valence-electron chi connectivity index (χ1n) is 6.25. The highest BCUT2D eigenvalue weighted by molar-refractivity contribution is 5.85. The number of hydrogen-bond donors (Lipinski definition) is 1. The van der Waals surface area contributed by atoms with Gasteiger partial charge in [0.05, 0.1) is 0 Å². The van der Waals surface area contributed by atoms with E-state index in [-0.39, 0.29) is 12.4 Å². The molecule has 0 radical (unpaired) electrons. The van der Waals surface area contributed by atoms with Crippen molar-refractivity contribution in [2.75, 3.05) is 20.1 Å². The SMILES string of the molecule is CN(CCc1ccccc1)C(CN)C1CC1.Cl. The molecule has 1 aromatic rings. The molecule has 0 saturated heterocycles. The van der Waals surface area contributed by atoms with E-state index in [9.17, 15) is 0 Å². The Morgan fingerprint density at radius 3 is 2.47 bits per heavy atom. The second-order valence-corrected chi connectivity index (χ2v) is 4.86. The highest BCUT2D eigenvalue weighted by Gasteiger charge is 2.32. The fourth-order valence-corrected chi connectivity index (χ4v) is 2.33. The lowest BCUT2D eigenvalue weighted by atomic mass is 10.1. The van der Waals surface area contributed by atoms with Crippen molar-refractivity contribution in [1.29, 1.82) is 0 Å². The largest absolute Gasteiger partial charge is 0.329 e. The third kappa shape index (κ3) is 4.30. The predicted octanol–water partition coefficient (Wildman–Crippen LogP) is 2.32. The Morgan fingerprint density at radius 2 is 1.94 bits per heavy atom. The van der Waals surface area contributed by atoms with Gasteiger partial charge < -0.3 is 10.6 Å². The monoisotopic (exact) mass is 254 g/mol. The van der Waals surface area contributed by atoms with Crippen molar-refractivity contribution in [2.24, 2.45) is 11.7 Å². The minimum Gasteiger partial charge on any atom is -0.329 e. The summed E-state index contributed by atoms with van der Waals surface area (Å²) in [6.45, 7) is 1.92. The Labute approximate surface area is 111 Å². The standard InChI is InChI=1S/C14H22N2.ClH/c1-16(14(11-15)13-7-8-13)10-9-12-5-3-2-4-6-12;/h2-6,13-14H,7-11,15H2,1H3;1H. The number of likely N-dealkylation sites (N-methyl/N-ethyl adjacent to an activating group) is 1. The average molecular weight is 255 g/mol. The Bertz CT molecular complexity index is 311. The van der Waals surface area contributed by atoms with Gasteiger partial charge in [0.1, 0.15) is 0 Å². The molecule has 3 heteroatoms. The smallest absolute Gasteiger partial charge is 0.0243 e. The maximum atomic E-state index is 5.84. The van der Waals surface area contributed by atoms with Gasteiger partial charge in [0.25, 0.3) is 0 Å². The summed E-state index contributed by atoms with van der Waals surface area (Å²) in [5.41, 5.74) is 7.26. The first-order valence-corrected chi connectivity index (χ1v) is 6.25. The number of benzene rings is 1. The van der Waals surface area contributed by atoms with Gasteiger partial charge in [0.15, 0.2) is 0 Å². The lowest BCUT2D eigenvalue weighted by molar-refractivity contribution is 0.226. The van der Waals surface area contributed by atoms with Crippen molar-refractivity contribution in [1.82, 2.24) is 4.90 Å². The summed E-state index contributed by atoms with van der Waals surface area (Å²) in [6, 6.07) is 11.3. The van der Waals surface area contributed by atoms with Crippen molar-refractivity contribution in [3.05, 3.63) is 35.9 Å². The van der Waals surface area contributed by atoms with Crippen LogP contribution in [0.3, 0.4) is 0 Å². The second kappa shape index (κ2) is 7.00. The minimum atomic E-state index is 0. The van der Waals surface area contributed by atoms with Crippen LogP contribution < -0.4 is 5.73 Å². The molecule has 0 heterocycles. The fourth-order valence-electron chi connectivity index (χ4n) is 2.33. The van der Waals surface area contributed by atoms with E-state index in [1.54, 1.807) is 0 Å². The molecule has 1 atom stereocenters. The molecule has 1 unspecified atom stereocenters. The first kappa shape index (κ1) is 14.5. The first-order chi connectivity index (χ1) is 7.81. The number of nitrogens with zero attached hydrogens (tertiary/aromatic N) is 1. The van der Waals surface area contributed by atoms with E-state index in [4.69, 9.17) is 5.73 Å². The van der Waals surface area contributed by atoms with Crippen molar-refractivity contribution in [2.45, 2.75) is 25.3 Å². The molecule has 2 N–H and O–H groups in total. The van der Waals surface area contributed by atoms with E-state index in [2.05, 4.69) is 42.3 Å². The summed E-state index contributed by atoms with van der Waals surface area (Å²) in [6.07, 6.45) is 3.87. The second-order valence-electron chi connectivity index (χ2n) is 4.86. The van der Waals surface area contributed by atoms with Gasteiger partial charge in [0, 0.05) is 19.1 Å². The van der Waals surface area contributed by atoms with Crippen LogP contribution in [0, 0.1) is 5.92 Å². The summed E-state index contributed by atoms with van der Waals surface area (Å²) in [5.74, 6) is 0.866. The van der Waals surface area contributed by atoms with Crippen LogP contribution in [0.5, 0.6) is 0 Å². The molecule has 1 saturated carbocycles. The molecule has 17 heavy (non-hydrogen) atoms. The van der Waals surface area contributed by atoms with Gasteiger partial charge in [-0.2, -0.15) is 0 Å². The van der Waals surface area contributed by atoms with Crippen LogP contribution in [-0.2, 0) is 6.42 Å². The number of rotatable bonds is 6. The Kier molecular flexibility index (Phi) is 5.96. The average Bonchev–Trinajstić information content (AvgIpc) is 3.13. The summed E-state index contributed by atoms with van der Waals surface area (Å²) in [7, 11) is 2.21. The molecule has 2 rings (SSSR count). The number of nitrogens with two attached hydrogens (primary N) is 1. The maximum absolute atomic E-state index is 5.84. The fraction of sp³-hybridized carbons (Fsp3) is 0.571. The molecule has 0 bridgehead atoms. The van der Waals surface area contributed by atoms with E-state index in [0.717, 1.165) is 25.4 Å². The van der Waals surface area contributed by atoms with E-state index < -0.39 is 0 Å². The Balaban J connectivity index is 0.00000144. The van der Waals surface area contributed by atoms with Crippen LogP contribution in [0.4, 0.5) is 0 Å². The third-order valence-corrected chi connectivity index (χ3v) is 3.57. The summed E-state index contributed by atoms with van der Waals surface area (Å²) < 4.78 is 0. The molecule has 0 aromatic heterocycles. The van der Waals surface area contributed by atoms with Gasteiger partial charge in [-0.3, -0.25) is 0 Å². The normalized spacial score (nSPS) is 16.6. The summed E-state index contributed by atoms with van der Waals surface area (Å²) >= 11 is 0. The summed E-state index contributed by atoms with van der Waals surface area (Å²) in [4.78, 5) is 2.44. The van der Waals surface area contributed by atoms with E-state index in [1.165, 1.54) is 18.4 Å². The molecule has 1 fully saturated rings. The van der Waals surface area contributed by atoms with Crippen LogP contribution in [0.15, 0.2) is 30.3 Å². The van der Waals surface area contributed by atoms with Crippen molar-refractivity contribution in [3.63, 3.8) is 0 Å². The lowest BCUT2D eigenvalue weighted by Gasteiger charge is -2.26. The van der Waals surface area contributed by atoms with Gasteiger partial charge in [-0.15, -0.1) is 12.4 Å². The third-order valence-electron chi connectivity index (χ3n) is 3.57. The van der Waals surface area contributed by atoms with Crippen LogP contribution >= 0.6 is 12.4 Å². The molecule has 1 aliphatic carbocycles. The van der Waals surface area contributed by atoms with Gasteiger partial charge in [-0.25, -0.2) is 0 Å². The molecular weight excluding hydrogens is 232 g/mol. The topological polar surface area (TPSA) is 29.3 Å². The van der Waals surface area contributed by atoms with Crippen LogP contribution in [0.1, 0.15) is 18.4 Å². The highest BCUT2D eigenvalue weighted by Crippen LogP contribution is 2.34. The lowest BCUT2D eigenvalue weighted by Crippen LogP contribution is -2.40. The van der Waals surface area contributed by atoms with Crippen LogP contribution in [0.25, 0.3) is 0 Å². The predicted molar refractivity (Wildman–Crippen MR) is 75.6 cm³/mol. The molecule has 0 spiro atoms. The van der Waals surface area contributed by atoms with Crippen LogP contribution in [-0.4, -0.2) is 31.1 Å². The number of hydrogen-bond acceptors (Lipinski definition) is 2.